The molecule has 0 bridgehead atoms. The van der Waals surface area contributed by atoms with Gasteiger partial charge in [0.15, 0.2) is 0 Å². The molecule has 0 unspecified atom stereocenters. The van der Waals surface area contributed by atoms with Gasteiger partial charge in [0.05, 0.1) is 10.0 Å². The van der Waals surface area contributed by atoms with Crippen LogP contribution >= 0.6 is 23.2 Å². The molecule has 134 valence electrons. The standard InChI is InChI=1S/C21H18Cl2FNO/c22-19-11-6-15(12-20(19)23)13-25-14-21(26,16-4-2-1-3-5-16)17-7-9-18(24)10-8-17/h1-12,25-26H,13-14H2/t21-/m1/s1. The minimum absolute atomic E-state index is 0.253. The average molecular weight is 390 g/mol. The SMILES string of the molecule is O[C@](CNCc1ccc(Cl)c(Cl)c1)(c1ccccc1)c1ccc(F)cc1. The molecule has 0 amide bonds. The van der Waals surface area contributed by atoms with E-state index in [4.69, 9.17) is 23.2 Å². The third-order valence-electron chi connectivity index (χ3n) is 4.27. The summed E-state index contributed by atoms with van der Waals surface area (Å²) in [6.07, 6.45) is 0. The second-order valence-electron chi connectivity index (χ2n) is 6.09. The molecule has 0 heterocycles. The summed E-state index contributed by atoms with van der Waals surface area (Å²) in [6, 6.07) is 20.6. The van der Waals surface area contributed by atoms with Crippen molar-refractivity contribution in [1.82, 2.24) is 5.32 Å². The molecule has 0 aliphatic heterocycles. The topological polar surface area (TPSA) is 32.3 Å². The molecule has 3 aromatic rings. The Labute approximate surface area is 162 Å². The van der Waals surface area contributed by atoms with Gasteiger partial charge in [-0.2, -0.15) is 0 Å². The van der Waals surface area contributed by atoms with E-state index in [-0.39, 0.29) is 12.4 Å². The Morgan fingerprint density at radius 2 is 1.50 bits per heavy atom. The van der Waals surface area contributed by atoms with E-state index in [1.807, 2.05) is 36.4 Å². The fourth-order valence-electron chi connectivity index (χ4n) is 2.85. The van der Waals surface area contributed by atoms with Crippen LogP contribution in [0.4, 0.5) is 4.39 Å². The lowest BCUT2D eigenvalue weighted by Gasteiger charge is -2.30. The number of halogens is 3. The maximum absolute atomic E-state index is 13.3. The molecule has 0 radical (unpaired) electrons. The highest BCUT2D eigenvalue weighted by Gasteiger charge is 2.31. The van der Waals surface area contributed by atoms with Crippen LogP contribution in [-0.2, 0) is 12.1 Å². The van der Waals surface area contributed by atoms with Gasteiger partial charge in [-0.15, -0.1) is 0 Å². The molecule has 0 aliphatic carbocycles. The number of hydrogen-bond acceptors (Lipinski definition) is 2. The molecule has 0 aliphatic rings. The van der Waals surface area contributed by atoms with Crippen LogP contribution in [0.1, 0.15) is 16.7 Å². The quantitative estimate of drug-likeness (QED) is 0.610. The Balaban J connectivity index is 1.82. The van der Waals surface area contributed by atoms with E-state index >= 15 is 0 Å². The van der Waals surface area contributed by atoms with Crippen LogP contribution in [0, 0.1) is 5.82 Å². The molecule has 1 atom stereocenters. The van der Waals surface area contributed by atoms with Crippen molar-refractivity contribution in [3.8, 4) is 0 Å². The highest BCUT2D eigenvalue weighted by molar-refractivity contribution is 6.42. The summed E-state index contributed by atoms with van der Waals surface area (Å²) in [5.41, 5.74) is 1.01. The molecule has 0 saturated heterocycles. The summed E-state index contributed by atoms with van der Waals surface area (Å²) in [5.74, 6) is -0.340. The first-order valence-corrected chi connectivity index (χ1v) is 8.93. The van der Waals surface area contributed by atoms with Gasteiger partial charge in [0.25, 0.3) is 0 Å². The minimum Gasteiger partial charge on any atom is -0.379 e. The average Bonchev–Trinajstić information content (AvgIpc) is 2.66. The molecule has 2 nitrogen and oxygen atoms in total. The Hall–Kier alpha value is -1.91. The lowest BCUT2D eigenvalue weighted by molar-refractivity contribution is 0.0795. The molecule has 26 heavy (non-hydrogen) atoms. The lowest BCUT2D eigenvalue weighted by atomic mass is 9.86. The van der Waals surface area contributed by atoms with Crippen LogP contribution in [0.3, 0.4) is 0 Å². The number of nitrogens with one attached hydrogen (secondary N) is 1. The van der Waals surface area contributed by atoms with Crippen molar-refractivity contribution in [3.63, 3.8) is 0 Å². The van der Waals surface area contributed by atoms with E-state index in [0.717, 1.165) is 11.1 Å². The number of aliphatic hydroxyl groups is 1. The van der Waals surface area contributed by atoms with Gasteiger partial charge in [0.1, 0.15) is 11.4 Å². The van der Waals surface area contributed by atoms with Gasteiger partial charge in [0.2, 0.25) is 0 Å². The molecule has 0 saturated carbocycles. The lowest BCUT2D eigenvalue weighted by Crippen LogP contribution is -2.39. The Morgan fingerprint density at radius 1 is 0.846 bits per heavy atom. The molecule has 2 N–H and O–H groups in total. The fourth-order valence-corrected chi connectivity index (χ4v) is 3.17. The van der Waals surface area contributed by atoms with E-state index in [0.29, 0.717) is 22.2 Å². The third-order valence-corrected chi connectivity index (χ3v) is 5.01. The van der Waals surface area contributed by atoms with Crippen molar-refractivity contribution in [2.75, 3.05) is 6.54 Å². The van der Waals surface area contributed by atoms with E-state index < -0.39 is 5.60 Å². The van der Waals surface area contributed by atoms with Gasteiger partial charge in [-0.05, 0) is 41.0 Å². The summed E-state index contributed by atoms with van der Waals surface area (Å²) < 4.78 is 13.3. The van der Waals surface area contributed by atoms with Crippen LogP contribution in [0.2, 0.25) is 10.0 Å². The van der Waals surface area contributed by atoms with Gasteiger partial charge in [-0.1, -0.05) is 71.7 Å². The zero-order valence-corrected chi connectivity index (χ0v) is 15.4. The summed E-state index contributed by atoms with van der Waals surface area (Å²) in [5, 5.41) is 15.6. The Kier molecular flexibility index (Phi) is 5.94. The monoisotopic (exact) mass is 389 g/mol. The van der Waals surface area contributed by atoms with Crippen LogP contribution in [0.5, 0.6) is 0 Å². The first kappa shape index (κ1) is 18.9. The van der Waals surface area contributed by atoms with Crippen LogP contribution in [-0.4, -0.2) is 11.7 Å². The molecule has 0 aromatic heterocycles. The van der Waals surface area contributed by atoms with Crippen molar-refractivity contribution < 1.29 is 9.50 Å². The normalized spacial score (nSPS) is 13.4. The second-order valence-corrected chi connectivity index (χ2v) is 6.90. The zero-order valence-electron chi connectivity index (χ0n) is 13.9. The highest BCUT2D eigenvalue weighted by Crippen LogP contribution is 2.29. The molecule has 3 rings (SSSR count). The largest absolute Gasteiger partial charge is 0.379 e. The summed E-state index contributed by atoms with van der Waals surface area (Å²) in [6.45, 7) is 0.760. The van der Waals surface area contributed by atoms with Gasteiger partial charge in [-0.3, -0.25) is 0 Å². The van der Waals surface area contributed by atoms with Crippen LogP contribution in [0.25, 0.3) is 0 Å². The number of benzene rings is 3. The highest BCUT2D eigenvalue weighted by atomic mass is 35.5. The van der Waals surface area contributed by atoms with Crippen molar-refractivity contribution in [1.29, 1.82) is 0 Å². The smallest absolute Gasteiger partial charge is 0.127 e. The van der Waals surface area contributed by atoms with Crippen molar-refractivity contribution >= 4 is 23.2 Å². The summed E-state index contributed by atoms with van der Waals surface area (Å²) >= 11 is 12.0. The van der Waals surface area contributed by atoms with E-state index in [1.54, 1.807) is 24.3 Å². The zero-order chi connectivity index (χ0) is 18.6. The molecular weight excluding hydrogens is 372 g/mol. The summed E-state index contributed by atoms with van der Waals surface area (Å²) in [7, 11) is 0. The van der Waals surface area contributed by atoms with Crippen molar-refractivity contribution in [3.05, 3.63) is 105 Å². The second kappa shape index (κ2) is 8.19. The van der Waals surface area contributed by atoms with E-state index in [9.17, 15) is 9.50 Å². The maximum atomic E-state index is 13.3. The fraction of sp³-hybridized carbons (Fsp3) is 0.143. The van der Waals surface area contributed by atoms with Gasteiger partial charge < -0.3 is 10.4 Å². The molecule has 5 heteroatoms. The van der Waals surface area contributed by atoms with Crippen molar-refractivity contribution in [2.24, 2.45) is 0 Å². The molecular formula is C21H18Cl2FNO. The van der Waals surface area contributed by atoms with Crippen LogP contribution < -0.4 is 5.32 Å². The van der Waals surface area contributed by atoms with E-state index in [2.05, 4.69) is 5.32 Å². The summed E-state index contributed by atoms with van der Waals surface area (Å²) in [4.78, 5) is 0. The van der Waals surface area contributed by atoms with Crippen LogP contribution in [0.15, 0.2) is 72.8 Å². The predicted octanol–water partition coefficient (Wildman–Crippen LogP) is 5.16. The van der Waals surface area contributed by atoms with E-state index in [1.165, 1.54) is 12.1 Å². The maximum Gasteiger partial charge on any atom is 0.127 e. The number of rotatable bonds is 6. The van der Waals surface area contributed by atoms with Gasteiger partial charge in [0, 0.05) is 13.1 Å². The van der Waals surface area contributed by atoms with Gasteiger partial charge in [-0.25, -0.2) is 4.39 Å². The molecule has 3 aromatic carbocycles. The first-order valence-electron chi connectivity index (χ1n) is 8.17. The predicted molar refractivity (Wildman–Crippen MR) is 104 cm³/mol. The van der Waals surface area contributed by atoms with Gasteiger partial charge >= 0.3 is 0 Å². The molecule has 0 spiro atoms. The Bertz CT molecular complexity index is 871. The Morgan fingerprint density at radius 3 is 2.15 bits per heavy atom. The minimum atomic E-state index is -1.29. The number of hydrogen-bond donors (Lipinski definition) is 2. The van der Waals surface area contributed by atoms with Crippen molar-refractivity contribution in [2.45, 2.75) is 12.1 Å². The molecule has 0 fully saturated rings. The first-order chi connectivity index (χ1) is 12.5. The third kappa shape index (κ3) is 4.25.